The van der Waals surface area contributed by atoms with Crippen LogP contribution < -0.4 is 0 Å². The molecular weight excluding hydrogens is 306 g/mol. The molecule has 0 bridgehead atoms. The van der Waals surface area contributed by atoms with E-state index in [1.807, 2.05) is 12.1 Å². The molecule has 3 aromatic carbocycles. The van der Waals surface area contributed by atoms with Crippen LogP contribution in [0.5, 0.6) is 0 Å². The van der Waals surface area contributed by atoms with Crippen LogP contribution in [0.4, 0.5) is 8.78 Å². The van der Waals surface area contributed by atoms with Gasteiger partial charge in [0, 0.05) is 16.7 Å². The van der Waals surface area contributed by atoms with E-state index in [4.69, 9.17) is 0 Å². The van der Waals surface area contributed by atoms with E-state index in [1.165, 1.54) is 24.3 Å². The van der Waals surface area contributed by atoms with Crippen molar-refractivity contribution in [1.82, 2.24) is 0 Å². The minimum atomic E-state index is -0.414. The Labute approximate surface area is 137 Å². The van der Waals surface area contributed by atoms with E-state index in [-0.39, 0.29) is 11.6 Å². The number of hydrogen-bond acceptors (Lipinski definition) is 1. The zero-order valence-electron chi connectivity index (χ0n) is 12.6. The van der Waals surface area contributed by atoms with E-state index >= 15 is 0 Å². The lowest BCUT2D eigenvalue weighted by molar-refractivity contribution is 0.105. The third kappa shape index (κ3) is 2.26. The van der Waals surface area contributed by atoms with Gasteiger partial charge in [-0.15, -0.1) is 0 Å². The summed E-state index contributed by atoms with van der Waals surface area (Å²) in [4.78, 5) is 12.9. The van der Waals surface area contributed by atoms with Gasteiger partial charge in [-0.05, 0) is 41.0 Å². The van der Waals surface area contributed by atoms with Gasteiger partial charge in [0.05, 0.1) is 0 Å². The number of rotatable bonds is 2. The summed E-state index contributed by atoms with van der Waals surface area (Å²) in [5, 5.41) is 0. The van der Waals surface area contributed by atoms with Crippen molar-refractivity contribution in [3.8, 4) is 0 Å². The second kappa shape index (κ2) is 5.53. The number of allylic oxidation sites excluding steroid dienone is 1. The molecule has 1 nitrogen and oxygen atoms in total. The van der Waals surface area contributed by atoms with Gasteiger partial charge in [0.25, 0.3) is 0 Å². The van der Waals surface area contributed by atoms with Crippen LogP contribution in [0.15, 0.2) is 72.8 Å². The molecule has 0 aliphatic heterocycles. The van der Waals surface area contributed by atoms with Crippen LogP contribution in [0, 0.1) is 11.6 Å². The molecule has 0 radical (unpaired) electrons. The number of Topliss-reactive ketones (excluding diaryl/α,β-unsaturated/α-hetero) is 1. The van der Waals surface area contributed by atoms with E-state index < -0.39 is 5.82 Å². The lowest BCUT2D eigenvalue weighted by Gasteiger charge is -2.09. The predicted octanol–water partition coefficient (Wildman–Crippen LogP) is 5.12. The quantitative estimate of drug-likeness (QED) is 0.641. The molecule has 0 heterocycles. The molecule has 3 heteroatoms. The third-order valence-corrected chi connectivity index (χ3v) is 4.14. The first kappa shape index (κ1) is 14.5. The Balaban J connectivity index is 2.05. The van der Waals surface area contributed by atoms with Crippen molar-refractivity contribution in [2.75, 3.05) is 0 Å². The number of fused-ring (bicyclic) bond motifs is 1. The summed E-state index contributed by atoms with van der Waals surface area (Å²) in [5.74, 6) is -0.965. The zero-order valence-corrected chi connectivity index (χ0v) is 12.6. The first-order valence-electron chi connectivity index (χ1n) is 7.55. The normalized spacial score (nSPS) is 13.3. The summed E-state index contributed by atoms with van der Waals surface area (Å²) < 4.78 is 27.4. The fraction of sp³-hybridized carbons (Fsp3) is 0. The van der Waals surface area contributed by atoms with E-state index in [2.05, 4.69) is 0 Å². The molecule has 1 aliphatic carbocycles. The van der Waals surface area contributed by atoms with Crippen molar-refractivity contribution in [2.45, 2.75) is 0 Å². The first-order valence-corrected chi connectivity index (χ1v) is 7.55. The molecule has 0 unspecified atom stereocenters. The second-order valence-corrected chi connectivity index (χ2v) is 5.65. The van der Waals surface area contributed by atoms with Crippen molar-refractivity contribution in [1.29, 1.82) is 0 Å². The Hall–Kier alpha value is -3.07. The fourth-order valence-corrected chi connectivity index (χ4v) is 3.15. The first-order chi connectivity index (χ1) is 11.6. The molecule has 0 N–H and O–H groups in total. The maximum atomic E-state index is 13.7. The van der Waals surface area contributed by atoms with Gasteiger partial charge in [0.2, 0.25) is 0 Å². The van der Waals surface area contributed by atoms with Crippen LogP contribution in [0.1, 0.15) is 27.0 Å². The molecule has 0 saturated heterocycles. The van der Waals surface area contributed by atoms with Crippen molar-refractivity contribution in [3.05, 3.63) is 107 Å². The molecule has 0 aromatic heterocycles. The molecule has 0 atom stereocenters. The van der Waals surface area contributed by atoms with Gasteiger partial charge in [0.15, 0.2) is 5.78 Å². The molecule has 3 aromatic rings. The maximum Gasteiger partial charge on any atom is 0.194 e. The van der Waals surface area contributed by atoms with Crippen molar-refractivity contribution >= 4 is 16.9 Å². The van der Waals surface area contributed by atoms with E-state index in [1.54, 1.807) is 36.4 Å². The smallest absolute Gasteiger partial charge is 0.194 e. The molecule has 0 spiro atoms. The van der Waals surface area contributed by atoms with Gasteiger partial charge in [0.1, 0.15) is 11.6 Å². The maximum absolute atomic E-state index is 13.7. The largest absolute Gasteiger partial charge is 0.289 e. The summed E-state index contributed by atoms with van der Waals surface area (Å²) in [5.41, 5.74) is 3.44. The van der Waals surface area contributed by atoms with Gasteiger partial charge in [-0.3, -0.25) is 4.79 Å². The van der Waals surface area contributed by atoms with Crippen molar-refractivity contribution in [2.24, 2.45) is 0 Å². The van der Waals surface area contributed by atoms with Crippen LogP contribution in [0.3, 0.4) is 0 Å². The molecule has 24 heavy (non-hydrogen) atoms. The fourth-order valence-electron chi connectivity index (χ4n) is 3.15. The topological polar surface area (TPSA) is 17.1 Å². The van der Waals surface area contributed by atoms with Gasteiger partial charge >= 0.3 is 0 Å². The monoisotopic (exact) mass is 318 g/mol. The minimum Gasteiger partial charge on any atom is -0.289 e. The average molecular weight is 318 g/mol. The summed E-state index contributed by atoms with van der Waals surface area (Å²) in [6.45, 7) is 0. The number of hydrogen-bond donors (Lipinski definition) is 0. The number of ketones is 1. The highest BCUT2D eigenvalue weighted by Crippen LogP contribution is 2.42. The summed E-state index contributed by atoms with van der Waals surface area (Å²) in [6, 6.07) is 19.2. The Morgan fingerprint density at radius 3 is 1.71 bits per heavy atom. The minimum absolute atomic E-state index is 0.171. The van der Waals surface area contributed by atoms with Gasteiger partial charge in [-0.25, -0.2) is 8.78 Å². The van der Waals surface area contributed by atoms with E-state index in [0.717, 1.165) is 5.56 Å². The van der Waals surface area contributed by atoms with Gasteiger partial charge in [-0.2, -0.15) is 0 Å². The summed E-state index contributed by atoms with van der Waals surface area (Å²) >= 11 is 0. The highest BCUT2D eigenvalue weighted by Gasteiger charge is 2.31. The van der Waals surface area contributed by atoms with Crippen molar-refractivity contribution < 1.29 is 13.6 Å². The summed E-state index contributed by atoms with van der Waals surface area (Å²) in [6.07, 6.45) is 0. The van der Waals surface area contributed by atoms with Crippen molar-refractivity contribution in [3.63, 3.8) is 0 Å². The Kier molecular flexibility index (Phi) is 3.35. The Morgan fingerprint density at radius 1 is 0.583 bits per heavy atom. The molecule has 0 saturated carbocycles. The lowest BCUT2D eigenvalue weighted by atomic mass is 9.94. The SMILES string of the molecule is O=C1C(c2cccc(F)c2)=C(c2cccc(F)c2)c2ccccc21. The van der Waals surface area contributed by atoms with Crippen LogP contribution >= 0.6 is 0 Å². The molecular formula is C21H12F2O. The molecule has 0 amide bonds. The third-order valence-electron chi connectivity index (χ3n) is 4.14. The number of halogens is 2. The molecule has 4 rings (SSSR count). The molecule has 116 valence electrons. The second-order valence-electron chi connectivity index (χ2n) is 5.65. The van der Waals surface area contributed by atoms with Crippen LogP contribution in [-0.2, 0) is 0 Å². The van der Waals surface area contributed by atoms with E-state index in [0.29, 0.717) is 27.8 Å². The highest BCUT2D eigenvalue weighted by atomic mass is 19.1. The molecule has 0 fully saturated rings. The van der Waals surface area contributed by atoms with Crippen LogP contribution in [0.25, 0.3) is 11.1 Å². The molecule has 1 aliphatic rings. The Bertz CT molecular complexity index is 1000. The van der Waals surface area contributed by atoms with Crippen LogP contribution in [-0.4, -0.2) is 5.78 Å². The average Bonchev–Trinajstić information content (AvgIpc) is 2.88. The van der Waals surface area contributed by atoms with Gasteiger partial charge < -0.3 is 0 Å². The number of benzene rings is 3. The lowest BCUT2D eigenvalue weighted by Crippen LogP contribution is -1.98. The summed E-state index contributed by atoms with van der Waals surface area (Å²) in [7, 11) is 0. The Morgan fingerprint density at radius 2 is 1.12 bits per heavy atom. The number of carbonyl (C=O) groups excluding carboxylic acids is 1. The van der Waals surface area contributed by atoms with Gasteiger partial charge in [-0.1, -0.05) is 48.5 Å². The zero-order chi connectivity index (χ0) is 16.7. The highest BCUT2D eigenvalue weighted by molar-refractivity contribution is 6.41. The number of carbonyl (C=O) groups is 1. The standard InChI is InChI=1S/C21H12F2O/c22-15-7-3-5-13(11-15)19-17-9-1-2-10-18(17)21(24)20(19)14-6-4-8-16(23)12-14/h1-12H. The predicted molar refractivity (Wildman–Crippen MR) is 89.5 cm³/mol. The van der Waals surface area contributed by atoms with E-state index in [9.17, 15) is 13.6 Å². The van der Waals surface area contributed by atoms with Crippen LogP contribution in [0.2, 0.25) is 0 Å².